The predicted octanol–water partition coefficient (Wildman–Crippen LogP) is 6.40. The van der Waals surface area contributed by atoms with Crippen molar-refractivity contribution in [3.63, 3.8) is 0 Å². The van der Waals surface area contributed by atoms with Crippen LogP contribution in [0.1, 0.15) is 36.7 Å². The molecule has 1 aliphatic rings. The second-order valence-corrected chi connectivity index (χ2v) is 11.7. The molecular formula is C26H27BrCl2N6O3. The topological polar surface area (TPSA) is 114 Å². The Labute approximate surface area is 239 Å². The van der Waals surface area contributed by atoms with Gasteiger partial charge in [-0.15, -0.1) is 0 Å². The van der Waals surface area contributed by atoms with Crippen LogP contribution in [0, 0.1) is 5.41 Å². The van der Waals surface area contributed by atoms with Crippen LogP contribution in [0.4, 0.5) is 27.9 Å². The largest absolute Gasteiger partial charge is 0.445 e. The van der Waals surface area contributed by atoms with Gasteiger partial charge in [0.1, 0.15) is 17.5 Å². The molecule has 3 N–H and O–H groups in total. The van der Waals surface area contributed by atoms with Gasteiger partial charge in [0.25, 0.3) is 5.91 Å². The molecule has 0 saturated carbocycles. The molecule has 1 aromatic heterocycles. The average Bonchev–Trinajstić information content (AvgIpc) is 2.83. The molecule has 2 amide bonds. The standard InChI is InChI=1S/C26H27BrCl2N6O3/c1-26(2,3)20(38-24(30)37)11-14-10-15(8-9-17(14)27)32-25-31-12-16-22(33-25)34(4)13-35(23(16)36)21-18(28)6-5-7-19(21)29/h5-10,12,20H,11,13H2,1-4H3,(H2,30,37)(H,31,32,33). The maximum Gasteiger partial charge on any atom is 0.404 e. The summed E-state index contributed by atoms with van der Waals surface area (Å²) in [5, 5.41) is 3.96. The number of halogens is 3. The molecule has 0 spiro atoms. The highest BCUT2D eigenvalue weighted by Crippen LogP contribution is 2.38. The summed E-state index contributed by atoms with van der Waals surface area (Å²) in [5.74, 6) is 0.502. The number of primary amides is 1. The number of fused-ring (bicyclic) bond motifs is 1. The normalized spacial score (nSPS) is 14.2. The summed E-state index contributed by atoms with van der Waals surface area (Å²) in [6.07, 6.45) is 0.689. The van der Waals surface area contributed by atoms with Crippen LogP contribution in [0.15, 0.2) is 47.1 Å². The van der Waals surface area contributed by atoms with E-state index in [2.05, 4.69) is 31.2 Å². The Morgan fingerprint density at radius 1 is 1.24 bits per heavy atom. The molecule has 1 atom stereocenters. The van der Waals surface area contributed by atoms with Crippen LogP contribution >= 0.6 is 39.1 Å². The first-order chi connectivity index (χ1) is 17.8. The maximum atomic E-state index is 13.3. The zero-order valence-corrected chi connectivity index (χ0v) is 24.4. The number of para-hydroxylation sites is 1. The molecule has 0 radical (unpaired) electrons. The highest BCUT2D eigenvalue weighted by Gasteiger charge is 2.33. The van der Waals surface area contributed by atoms with Gasteiger partial charge in [-0.3, -0.25) is 9.69 Å². The van der Waals surface area contributed by atoms with Crippen molar-refractivity contribution >= 4 is 74.3 Å². The SMILES string of the molecule is CN1CN(c2c(Cl)cccc2Cl)C(=O)c2cnc(Nc3ccc(Br)c(CC(OC(N)=O)C(C)(C)C)c3)nc21. The van der Waals surface area contributed by atoms with Gasteiger partial charge in [0.15, 0.2) is 0 Å². The van der Waals surface area contributed by atoms with E-state index in [1.165, 1.54) is 11.1 Å². The van der Waals surface area contributed by atoms with Crippen molar-refractivity contribution in [2.24, 2.45) is 11.1 Å². The predicted molar refractivity (Wildman–Crippen MR) is 154 cm³/mol. The number of rotatable bonds is 6. The van der Waals surface area contributed by atoms with Gasteiger partial charge in [0.2, 0.25) is 5.95 Å². The number of benzene rings is 2. The molecule has 0 fully saturated rings. The van der Waals surface area contributed by atoms with Crippen LogP contribution in [0.3, 0.4) is 0 Å². The number of amides is 2. The third-order valence-electron chi connectivity index (χ3n) is 6.10. The van der Waals surface area contributed by atoms with Gasteiger partial charge in [-0.05, 0) is 41.3 Å². The lowest BCUT2D eigenvalue weighted by molar-refractivity contribution is 0.0373. The van der Waals surface area contributed by atoms with Crippen LogP contribution in [-0.4, -0.2) is 41.8 Å². The van der Waals surface area contributed by atoms with Crippen LogP contribution in [-0.2, 0) is 11.2 Å². The smallest absolute Gasteiger partial charge is 0.404 e. The van der Waals surface area contributed by atoms with Gasteiger partial charge in [0, 0.05) is 29.8 Å². The van der Waals surface area contributed by atoms with E-state index in [0.29, 0.717) is 39.5 Å². The lowest BCUT2D eigenvalue weighted by Gasteiger charge is -2.35. The molecule has 0 bridgehead atoms. The Morgan fingerprint density at radius 2 is 1.92 bits per heavy atom. The van der Waals surface area contributed by atoms with Gasteiger partial charge in [0.05, 0.1) is 22.4 Å². The first-order valence-electron chi connectivity index (χ1n) is 11.7. The minimum atomic E-state index is -0.813. The molecule has 4 rings (SSSR count). The lowest BCUT2D eigenvalue weighted by Crippen LogP contribution is -2.46. The summed E-state index contributed by atoms with van der Waals surface area (Å²) in [6.45, 7) is 6.16. The molecule has 0 aliphatic carbocycles. The maximum absolute atomic E-state index is 13.3. The van der Waals surface area contributed by atoms with E-state index in [-0.39, 0.29) is 18.0 Å². The third kappa shape index (κ3) is 5.98. The summed E-state index contributed by atoms with van der Waals surface area (Å²) < 4.78 is 6.25. The van der Waals surface area contributed by atoms with E-state index in [0.717, 1.165) is 15.7 Å². The number of carbonyl (C=O) groups excluding carboxylic acids is 2. The number of nitrogens with two attached hydrogens (primary N) is 1. The van der Waals surface area contributed by atoms with Gasteiger partial charge in [-0.1, -0.05) is 66.0 Å². The van der Waals surface area contributed by atoms with Crippen LogP contribution in [0.2, 0.25) is 10.0 Å². The first kappa shape index (κ1) is 27.9. The van der Waals surface area contributed by atoms with E-state index in [1.54, 1.807) is 18.2 Å². The highest BCUT2D eigenvalue weighted by molar-refractivity contribution is 9.10. The molecule has 9 nitrogen and oxygen atoms in total. The third-order valence-corrected chi connectivity index (χ3v) is 7.48. The number of hydrogen-bond donors (Lipinski definition) is 2. The number of hydrogen-bond acceptors (Lipinski definition) is 7. The fourth-order valence-corrected chi connectivity index (χ4v) is 5.10. The molecule has 0 saturated heterocycles. The second-order valence-electron chi connectivity index (χ2n) is 10.0. The molecule has 3 aromatic rings. The number of ether oxygens (including phenoxy) is 1. The van der Waals surface area contributed by atoms with Crippen LogP contribution in [0.25, 0.3) is 0 Å². The summed E-state index contributed by atoms with van der Waals surface area (Å²) in [7, 11) is 1.82. The van der Waals surface area contributed by atoms with E-state index in [1.807, 2.05) is 50.9 Å². The monoisotopic (exact) mass is 620 g/mol. The van der Waals surface area contributed by atoms with E-state index < -0.39 is 12.2 Å². The van der Waals surface area contributed by atoms with Crippen molar-refractivity contribution in [3.05, 3.63) is 68.2 Å². The number of anilines is 4. The van der Waals surface area contributed by atoms with Crippen molar-refractivity contribution in [1.82, 2.24) is 9.97 Å². The number of aromatic nitrogens is 2. The summed E-state index contributed by atoms with van der Waals surface area (Å²) in [4.78, 5) is 37.1. The number of nitrogens with zero attached hydrogens (tertiary/aromatic N) is 4. The molecule has 12 heteroatoms. The minimum Gasteiger partial charge on any atom is -0.445 e. The number of carbonyl (C=O) groups is 2. The van der Waals surface area contributed by atoms with Gasteiger partial charge in [-0.25, -0.2) is 9.78 Å². The summed E-state index contributed by atoms with van der Waals surface area (Å²) >= 11 is 16.3. The fourth-order valence-electron chi connectivity index (χ4n) is 4.09. The van der Waals surface area contributed by atoms with Crippen molar-refractivity contribution in [2.75, 3.05) is 28.8 Å². The Balaban J connectivity index is 1.59. The van der Waals surface area contributed by atoms with E-state index in [4.69, 9.17) is 33.7 Å². The van der Waals surface area contributed by atoms with Crippen LogP contribution < -0.4 is 20.9 Å². The van der Waals surface area contributed by atoms with Gasteiger partial charge >= 0.3 is 6.09 Å². The van der Waals surface area contributed by atoms with E-state index in [9.17, 15) is 9.59 Å². The van der Waals surface area contributed by atoms with Crippen molar-refractivity contribution in [2.45, 2.75) is 33.3 Å². The minimum absolute atomic E-state index is 0.211. The fraction of sp³-hybridized carbons (Fsp3) is 0.308. The zero-order chi connectivity index (χ0) is 27.8. The Kier molecular flexibility index (Phi) is 8.06. The van der Waals surface area contributed by atoms with Crippen molar-refractivity contribution < 1.29 is 14.3 Å². The molecule has 2 aromatic carbocycles. The molecule has 1 aliphatic heterocycles. The molecule has 38 heavy (non-hydrogen) atoms. The molecule has 2 heterocycles. The Morgan fingerprint density at radius 3 is 2.55 bits per heavy atom. The average molecular weight is 622 g/mol. The van der Waals surface area contributed by atoms with E-state index >= 15 is 0 Å². The first-order valence-corrected chi connectivity index (χ1v) is 13.3. The summed E-state index contributed by atoms with van der Waals surface area (Å²) in [6, 6.07) is 10.8. The molecule has 1 unspecified atom stereocenters. The van der Waals surface area contributed by atoms with Crippen molar-refractivity contribution in [1.29, 1.82) is 0 Å². The van der Waals surface area contributed by atoms with Crippen LogP contribution in [0.5, 0.6) is 0 Å². The molecular weight excluding hydrogens is 595 g/mol. The molecule has 200 valence electrons. The highest BCUT2D eigenvalue weighted by atomic mass is 79.9. The lowest BCUT2D eigenvalue weighted by atomic mass is 9.85. The second kappa shape index (κ2) is 11.0. The van der Waals surface area contributed by atoms with Crippen molar-refractivity contribution in [3.8, 4) is 0 Å². The Bertz CT molecular complexity index is 1380. The quantitative estimate of drug-likeness (QED) is 0.327. The van der Waals surface area contributed by atoms with Gasteiger partial charge in [-0.2, -0.15) is 4.98 Å². The zero-order valence-electron chi connectivity index (χ0n) is 21.3. The number of nitrogens with one attached hydrogen (secondary N) is 1. The Hall–Kier alpha value is -3.08. The summed E-state index contributed by atoms with van der Waals surface area (Å²) in [5.41, 5.74) is 7.39. The van der Waals surface area contributed by atoms with Gasteiger partial charge < -0.3 is 20.7 Å².